The number of fused-ring (bicyclic) bond motifs is 1. The highest BCUT2D eigenvalue weighted by atomic mass is 16.2. The van der Waals surface area contributed by atoms with E-state index in [0.717, 1.165) is 11.3 Å². The zero-order valence-electron chi connectivity index (χ0n) is 11.6. The molecule has 19 heavy (non-hydrogen) atoms. The lowest BCUT2D eigenvalue weighted by Gasteiger charge is -2.18. The molecule has 1 atom stereocenters. The van der Waals surface area contributed by atoms with Gasteiger partial charge in [-0.15, -0.1) is 0 Å². The number of benzene rings is 1. The number of hydrogen-bond acceptors (Lipinski definition) is 3. The van der Waals surface area contributed by atoms with Crippen molar-refractivity contribution in [2.24, 2.45) is 17.6 Å². The van der Waals surface area contributed by atoms with Gasteiger partial charge in [-0.05, 0) is 29.7 Å². The van der Waals surface area contributed by atoms with Gasteiger partial charge in [0.05, 0.1) is 6.42 Å². The smallest absolute Gasteiger partial charge is 0.231 e. The van der Waals surface area contributed by atoms with E-state index < -0.39 is 0 Å². The van der Waals surface area contributed by atoms with Gasteiger partial charge in [0.15, 0.2) is 5.78 Å². The van der Waals surface area contributed by atoms with Gasteiger partial charge in [0.1, 0.15) is 0 Å². The van der Waals surface area contributed by atoms with Crippen LogP contribution < -0.4 is 10.6 Å². The first-order valence-electron chi connectivity index (χ1n) is 6.59. The van der Waals surface area contributed by atoms with Crippen molar-refractivity contribution in [1.82, 2.24) is 0 Å². The minimum absolute atomic E-state index is 0.0684. The molecule has 1 aromatic rings. The number of likely N-dealkylation sites (N-methyl/N-ethyl adjacent to an activating group) is 1. The first-order chi connectivity index (χ1) is 8.95. The molecule has 2 rings (SSSR count). The Balaban J connectivity index is 2.31. The molecule has 0 aliphatic carbocycles. The Morgan fingerprint density at radius 3 is 2.68 bits per heavy atom. The minimum atomic E-state index is -0.159. The average Bonchev–Trinajstić information content (AvgIpc) is 2.65. The van der Waals surface area contributed by atoms with Gasteiger partial charge < -0.3 is 10.6 Å². The van der Waals surface area contributed by atoms with E-state index in [4.69, 9.17) is 5.73 Å². The van der Waals surface area contributed by atoms with Crippen molar-refractivity contribution < 1.29 is 9.59 Å². The minimum Gasteiger partial charge on any atom is -0.330 e. The van der Waals surface area contributed by atoms with E-state index in [1.807, 2.05) is 26.0 Å². The van der Waals surface area contributed by atoms with Crippen LogP contribution in [0.4, 0.5) is 5.69 Å². The number of anilines is 1. The van der Waals surface area contributed by atoms with Crippen LogP contribution in [0.2, 0.25) is 0 Å². The lowest BCUT2D eigenvalue weighted by Crippen LogP contribution is -2.28. The van der Waals surface area contributed by atoms with Gasteiger partial charge in [-0.25, -0.2) is 0 Å². The summed E-state index contributed by atoms with van der Waals surface area (Å²) < 4.78 is 0. The number of amides is 1. The maximum atomic E-state index is 12.4. The predicted molar refractivity (Wildman–Crippen MR) is 75.3 cm³/mol. The fourth-order valence-corrected chi connectivity index (χ4v) is 2.52. The molecule has 4 nitrogen and oxygen atoms in total. The van der Waals surface area contributed by atoms with Crippen LogP contribution in [0, 0.1) is 11.8 Å². The fraction of sp³-hybridized carbons (Fsp3) is 0.467. The number of rotatable bonds is 4. The molecule has 0 saturated carbocycles. The Labute approximate surface area is 113 Å². The van der Waals surface area contributed by atoms with Gasteiger partial charge in [-0.1, -0.05) is 13.8 Å². The monoisotopic (exact) mass is 260 g/mol. The maximum Gasteiger partial charge on any atom is 0.231 e. The van der Waals surface area contributed by atoms with Gasteiger partial charge in [0.2, 0.25) is 5.91 Å². The lowest BCUT2D eigenvalue weighted by molar-refractivity contribution is -0.117. The van der Waals surface area contributed by atoms with Gasteiger partial charge in [0.25, 0.3) is 0 Å². The summed E-state index contributed by atoms with van der Waals surface area (Å²) in [6.07, 6.45) is 0.377. The van der Waals surface area contributed by atoms with Crippen molar-refractivity contribution in [1.29, 1.82) is 0 Å². The number of hydrogen-bond donors (Lipinski definition) is 1. The zero-order chi connectivity index (χ0) is 14.2. The summed E-state index contributed by atoms with van der Waals surface area (Å²) in [5.74, 6) is 0.198. The highest BCUT2D eigenvalue weighted by Gasteiger charge is 2.27. The van der Waals surface area contributed by atoms with Crippen molar-refractivity contribution in [2.75, 3.05) is 18.5 Å². The third-order valence-electron chi connectivity index (χ3n) is 3.84. The second kappa shape index (κ2) is 5.13. The third kappa shape index (κ3) is 2.40. The average molecular weight is 260 g/mol. The van der Waals surface area contributed by atoms with Gasteiger partial charge in [0, 0.05) is 30.8 Å². The third-order valence-corrected chi connectivity index (χ3v) is 3.84. The van der Waals surface area contributed by atoms with Gasteiger partial charge >= 0.3 is 0 Å². The summed E-state index contributed by atoms with van der Waals surface area (Å²) in [5.41, 5.74) is 8.17. The van der Waals surface area contributed by atoms with E-state index >= 15 is 0 Å². The molecule has 1 amide bonds. The lowest BCUT2D eigenvalue weighted by atomic mass is 9.87. The zero-order valence-corrected chi connectivity index (χ0v) is 11.6. The summed E-state index contributed by atoms with van der Waals surface area (Å²) in [6.45, 7) is 4.35. The molecular weight excluding hydrogens is 240 g/mol. The number of carbonyl (C=O) groups is 2. The number of ketones is 1. The molecule has 0 saturated heterocycles. The Morgan fingerprint density at radius 1 is 1.42 bits per heavy atom. The Kier molecular flexibility index (Phi) is 3.71. The Morgan fingerprint density at radius 2 is 2.11 bits per heavy atom. The summed E-state index contributed by atoms with van der Waals surface area (Å²) in [6, 6.07) is 5.48. The van der Waals surface area contributed by atoms with Crippen LogP contribution in [0.1, 0.15) is 29.8 Å². The van der Waals surface area contributed by atoms with Crippen molar-refractivity contribution in [3.05, 3.63) is 29.3 Å². The quantitative estimate of drug-likeness (QED) is 0.837. The Bertz CT molecular complexity index is 523. The molecule has 0 fully saturated rings. The van der Waals surface area contributed by atoms with Crippen LogP contribution in [0.3, 0.4) is 0 Å². The highest BCUT2D eigenvalue weighted by molar-refractivity contribution is 6.04. The standard InChI is InChI=1S/C15H20N2O2/c1-9(2)12(8-16)15(19)10-4-5-13-11(6-10)7-14(18)17(13)3/h4-6,9,12H,7-8,16H2,1-3H3. The number of carbonyl (C=O) groups excluding carboxylic acids is 2. The van der Waals surface area contributed by atoms with E-state index in [9.17, 15) is 9.59 Å². The summed E-state index contributed by atoms with van der Waals surface area (Å²) in [4.78, 5) is 25.7. The van der Waals surface area contributed by atoms with Gasteiger partial charge in [-0.2, -0.15) is 0 Å². The van der Waals surface area contributed by atoms with Crippen LogP contribution in [0.15, 0.2) is 18.2 Å². The van der Waals surface area contributed by atoms with Crippen LogP contribution in [-0.2, 0) is 11.2 Å². The summed E-state index contributed by atoms with van der Waals surface area (Å²) >= 11 is 0. The second-order valence-corrected chi connectivity index (χ2v) is 5.42. The van der Waals surface area contributed by atoms with E-state index in [1.54, 1.807) is 18.0 Å². The summed E-state index contributed by atoms with van der Waals surface area (Å²) in [7, 11) is 1.76. The fourth-order valence-electron chi connectivity index (χ4n) is 2.52. The first-order valence-corrected chi connectivity index (χ1v) is 6.59. The van der Waals surface area contributed by atoms with Crippen molar-refractivity contribution in [2.45, 2.75) is 20.3 Å². The highest BCUT2D eigenvalue weighted by Crippen LogP contribution is 2.29. The molecule has 2 N–H and O–H groups in total. The molecule has 1 aliphatic rings. The molecule has 1 heterocycles. The Hall–Kier alpha value is -1.68. The molecule has 1 aliphatic heterocycles. The molecule has 0 aromatic heterocycles. The second-order valence-electron chi connectivity index (χ2n) is 5.42. The van der Waals surface area contributed by atoms with Crippen molar-refractivity contribution >= 4 is 17.4 Å². The topological polar surface area (TPSA) is 63.4 Å². The SMILES string of the molecule is CC(C)C(CN)C(=O)c1ccc2c(c1)CC(=O)N2C. The summed E-state index contributed by atoms with van der Waals surface area (Å²) in [5, 5.41) is 0. The van der Waals surface area contributed by atoms with Crippen LogP contribution in [0.5, 0.6) is 0 Å². The number of nitrogens with zero attached hydrogens (tertiary/aromatic N) is 1. The molecular formula is C15H20N2O2. The van der Waals surface area contributed by atoms with E-state index in [-0.39, 0.29) is 23.5 Å². The van der Waals surface area contributed by atoms with Crippen molar-refractivity contribution in [3.63, 3.8) is 0 Å². The normalized spacial score (nSPS) is 15.8. The molecule has 1 unspecified atom stereocenters. The van der Waals surface area contributed by atoms with Crippen LogP contribution in [0.25, 0.3) is 0 Å². The first kappa shape index (κ1) is 13.7. The predicted octanol–water partition coefficient (Wildman–Crippen LogP) is 1.62. The van der Waals surface area contributed by atoms with E-state index in [2.05, 4.69) is 0 Å². The van der Waals surface area contributed by atoms with Crippen LogP contribution >= 0.6 is 0 Å². The maximum absolute atomic E-state index is 12.4. The molecule has 0 bridgehead atoms. The van der Waals surface area contributed by atoms with Crippen LogP contribution in [-0.4, -0.2) is 25.3 Å². The number of Topliss-reactive ketones (excluding diaryl/α,β-unsaturated/α-hetero) is 1. The molecule has 0 radical (unpaired) electrons. The van der Waals surface area contributed by atoms with Gasteiger partial charge in [-0.3, -0.25) is 9.59 Å². The largest absolute Gasteiger partial charge is 0.330 e. The number of nitrogens with two attached hydrogens (primary N) is 1. The molecule has 0 spiro atoms. The van der Waals surface area contributed by atoms with E-state index in [1.165, 1.54) is 0 Å². The molecule has 4 heteroatoms. The van der Waals surface area contributed by atoms with E-state index in [0.29, 0.717) is 18.5 Å². The molecule has 1 aromatic carbocycles. The molecule has 102 valence electrons. The van der Waals surface area contributed by atoms with Crippen molar-refractivity contribution in [3.8, 4) is 0 Å².